The first-order valence-electron chi connectivity index (χ1n) is 14.1. The predicted octanol–water partition coefficient (Wildman–Crippen LogP) is 0.700. The molecule has 0 aliphatic heterocycles. The van der Waals surface area contributed by atoms with Crippen molar-refractivity contribution >= 4 is 47.1 Å². The van der Waals surface area contributed by atoms with Gasteiger partial charge in [-0.15, -0.1) is 0 Å². The molecule has 17 nitrogen and oxygen atoms in total. The van der Waals surface area contributed by atoms with Crippen LogP contribution in [0.5, 0.6) is 5.75 Å². The molecule has 2 aromatic carbocycles. The lowest BCUT2D eigenvalue weighted by atomic mass is 10.0. The minimum Gasteiger partial charge on any atom is -0.502 e. The van der Waals surface area contributed by atoms with E-state index in [-0.39, 0.29) is 17.5 Å². The Labute approximate surface area is 267 Å². The Morgan fingerprint density at radius 1 is 0.851 bits per heavy atom. The van der Waals surface area contributed by atoms with Crippen LogP contribution in [0.25, 0.3) is 0 Å². The number of ketones is 1. The van der Waals surface area contributed by atoms with E-state index < -0.39 is 102 Å². The number of aliphatic carboxylic acids is 2. The van der Waals surface area contributed by atoms with Gasteiger partial charge in [-0.3, -0.25) is 38.9 Å². The number of nitro benzene ring substituents is 1. The number of rotatable bonds is 17. The van der Waals surface area contributed by atoms with E-state index in [1.54, 1.807) is 32.0 Å². The van der Waals surface area contributed by atoms with Crippen molar-refractivity contribution in [2.24, 2.45) is 0 Å². The van der Waals surface area contributed by atoms with E-state index in [4.69, 9.17) is 4.74 Å². The summed E-state index contributed by atoms with van der Waals surface area (Å²) in [5, 5.41) is 45.9. The molecule has 0 aromatic heterocycles. The number of esters is 1. The molecule has 0 saturated carbocycles. The number of ether oxygens (including phenoxy) is 1. The van der Waals surface area contributed by atoms with Crippen molar-refractivity contribution in [3.8, 4) is 5.75 Å². The molecule has 1 unspecified atom stereocenters. The number of aromatic hydroxyl groups is 1. The highest BCUT2D eigenvalue weighted by atomic mass is 16.6. The van der Waals surface area contributed by atoms with Crippen LogP contribution in [0.2, 0.25) is 0 Å². The monoisotopic (exact) mass is 658 g/mol. The molecule has 0 heterocycles. The molecule has 0 spiro atoms. The number of phenols is 1. The number of nitrogens with zero attached hydrogens (tertiary/aromatic N) is 1. The molecule has 0 radical (unpaired) electrons. The summed E-state index contributed by atoms with van der Waals surface area (Å²) in [5.41, 5.74) is 0.787. The average molecular weight is 659 g/mol. The summed E-state index contributed by atoms with van der Waals surface area (Å²) in [6.07, 6.45) is -2.45. The van der Waals surface area contributed by atoms with Crippen LogP contribution in [0.4, 0.5) is 5.69 Å². The number of hydrogen-bond acceptors (Lipinski definition) is 11. The minimum absolute atomic E-state index is 0.0705. The predicted molar refractivity (Wildman–Crippen MR) is 160 cm³/mol. The zero-order valence-corrected chi connectivity index (χ0v) is 25.6. The number of hydrogen-bond donors (Lipinski definition) is 6. The molecular formula is C30H34N4O13. The lowest BCUT2D eigenvalue weighted by Crippen LogP contribution is -2.56. The number of aryl methyl sites for hydroxylation is 2. The Balaban J connectivity index is 2.11. The van der Waals surface area contributed by atoms with E-state index in [2.05, 4.69) is 16.0 Å². The molecule has 0 aliphatic rings. The maximum Gasteiger partial charge on any atom is 0.339 e. The molecule has 0 saturated heterocycles. The van der Waals surface area contributed by atoms with Gasteiger partial charge in [-0.1, -0.05) is 31.2 Å². The first-order chi connectivity index (χ1) is 22.0. The number of amides is 3. The van der Waals surface area contributed by atoms with Crippen molar-refractivity contribution in [3.63, 3.8) is 0 Å². The highest BCUT2D eigenvalue weighted by Gasteiger charge is 2.31. The number of phenolic OH excluding ortho intramolecular Hbond substituents is 1. The summed E-state index contributed by atoms with van der Waals surface area (Å²) in [6.45, 7) is 3.90. The van der Waals surface area contributed by atoms with Crippen LogP contribution >= 0.6 is 0 Å². The van der Waals surface area contributed by atoms with Crippen molar-refractivity contribution < 1.29 is 58.5 Å². The van der Waals surface area contributed by atoms with Crippen LogP contribution in [0.1, 0.15) is 53.2 Å². The summed E-state index contributed by atoms with van der Waals surface area (Å²) in [4.78, 5) is 97.0. The van der Waals surface area contributed by atoms with Crippen LogP contribution in [0.15, 0.2) is 36.4 Å². The molecular weight excluding hydrogens is 624 g/mol. The summed E-state index contributed by atoms with van der Waals surface area (Å²) < 4.78 is 5.08. The fourth-order valence-electron chi connectivity index (χ4n) is 4.40. The molecule has 17 heteroatoms. The summed E-state index contributed by atoms with van der Waals surface area (Å²) >= 11 is 0. The zero-order chi connectivity index (χ0) is 35.4. The number of Topliss-reactive ketones (excluding diaryl/α,β-unsaturated/α-hetero) is 1. The van der Waals surface area contributed by atoms with Crippen LogP contribution in [0.3, 0.4) is 0 Å². The van der Waals surface area contributed by atoms with Gasteiger partial charge in [-0.2, -0.15) is 0 Å². The van der Waals surface area contributed by atoms with E-state index in [1.165, 1.54) is 13.0 Å². The lowest BCUT2D eigenvalue weighted by Gasteiger charge is -2.23. The van der Waals surface area contributed by atoms with Gasteiger partial charge < -0.3 is 36.0 Å². The third-order valence-corrected chi connectivity index (χ3v) is 6.79. The number of benzene rings is 2. The van der Waals surface area contributed by atoms with Gasteiger partial charge in [0.2, 0.25) is 17.7 Å². The fourth-order valence-corrected chi connectivity index (χ4v) is 4.40. The number of carboxylic acid groups (broad SMARTS) is 2. The Kier molecular flexibility index (Phi) is 13.5. The van der Waals surface area contributed by atoms with Gasteiger partial charge in [-0.25, -0.2) is 4.79 Å². The summed E-state index contributed by atoms with van der Waals surface area (Å²) in [7, 11) is 0. The molecule has 0 aliphatic carbocycles. The molecule has 3 atom stereocenters. The average Bonchev–Trinajstić information content (AvgIpc) is 2.97. The van der Waals surface area contributed by atoms with Gasteiger partial charge in [0.05, 0.1) is 29.7 Å². The lowest BCUT2D eigenvalue weighted by molar-refractivity contribution is -0.385. The van der Waals surface area contributed by atoms with Crippen LogP contribution in [-0.2, 0) is 39.9 Å². The molecule has 6 N–H and O–H groups in total. The fraction of sp³-hybridized carbons (Fsp3) is 0.367. The second kappa shape index (κ2) is 17.0. The second-order valence-electron chi connectivity index (χ2n) is 10.4. The van der Waals surface area contributed by atoms with Gasteiger partial charge >= 0.3 is 23.6 Å². The van der Waals surface area contributed by atoms with Gasteiger partial charge in [0, 0.05) is 6.07 Å². The molecule has 3 amide bonds. The van der Waals surface area contributed by atoms with Crippen molar-refractivity contribution in [3.05, 3.63) is 68.8 Å². The van der Waals surface area contributed by atoms with E-state index in [1.807, 2.05) is 0 Å². The number of carbonyl (C=O) groups is 7. The van der Waals surface area contributed by atoms with Gasteiger partial charge in [0.15, 0.2) is 18.1 Å². The molecule has 252 valence electrons. The van der Waals surface area contributed by atoms with Gasteiger partial charge in [-0.05, 0) is 43.0 Å². The standard InChI is InChI=1S/C30H34N4O13/c1-4-18(28(42)33-19(12-25(38)39)23(36)14-47-30(44)27-15(2)6-5-7-16(27)3)32-29(43)20(13-26(40)41)31-24(37)11-17-8-9-22(35)21(10-17)34(45)46/h5-10,18-20,35H,4,11-14H2,1-3H3,(H,31,37)(H,32,43)(H,33,42)(H,38,39)(H,40,41)/t18-,19-,20?/m0/s1. The van der Waals surface area contributed by atoms with E-state index >= 15 is 0 Å². The van der Waals surface area contributed by atoms with Crippen molar-refractivity contribution in [2.45, 2.75) is 64.6 Å². The Morgan fingerprint density at radius 2 is 1.40 bits per heavy atom. The molecule has 47 heavy (non-hydrogen) atoms. The Morgan fingerprint density at radius 3 is 1.96 bits per heavy atom. The number of carboxylic acids is 2. The highest BCUT2D eigenvalue weighted by molar-refractivity contribution is 5.99. The molecule has 0 fully saturated rings. The Bertz CT molecular complexity index is 1550. The van der Waals surface area contributed by atoms with Gasteiger partial charge in [0.25, 0.3) is 0 Å². The SMILES string of the molecule is CC[C@H](NC(=O)C(CC(=O)O)NC(=O)Cc1ccc(O)c([N+](=O)[O-])c1)C(=O)N[C@@H](CC(=O)O)C(=O)COC(=O)c1c(C)cccc1C. The van der Waals surface area contributed by atoms with Crippen LogP contribution in [-0.4, -0.2) is 86.4 Å². The van der Waals surface area contributed by atoms with E-state index in [9.17, 15) is 59.0 Å². The second-order valence-corrected chi connectivity index (χ2v) is 10.4. The largest absolute Gasteiger partial charge is 0.502 e. The van der Waals surface area contributed by atoms with E-state index in [0.717, 1.165) is 12.1 Å². The third-order valence-electron chi connectivity index (χ3n) is 6.79. The third kappa shape index (κ3) is 11.2. The maximum absolute atomic E-state index is 13.0. The van der Waals surface area contributed by atoms with E-state index in [0.29, 0.717) is 11.1 Å². The van der Waals surface area contributed by atoms with Gasteiger partial charge in [0.1, 0.15) is 18.1 Å². The van der Waals surface area contributed by atoms with Crippen molar-refractivity contribution in [1.29, 1.82) is 0 Å². The quantitative estimate of drug-likeness (QED) is 0.0777. The molecule has 2 rings (SSSR count). The normalized spacial score (nSPS) is 12.5. The minimum atomic E-state index is -1.71. The Hall–Kier alpha value is -5.87. The summed E-state index contributed by atoms with van der Waals surface area (Å²) in [5.74, 6) is -8.42. The first kappa shape index (κ1) is 37.3. The van der Waals surface area contributed by atoms with Crippen LogP contribution < -0.4 is 16.0 Å². The van der Waals surface area contributed by atoms with Crippen molar-refractivity contribution in [2.75, 3.05) is 6.61 Å². The number of nitro groups is 1. The molecule has 2 aromatic rings. The van der Waals surface area contributed by atoms with Crippen molar-refractivity contribution in [1.82, 2.24) is 16.0 Å². The number of nitrogens with one attached hydrogen (secondary N) is 3. The topological polar surface area (TPSA) is 269 Å². The highest BCUT2D eigenvalue weighted by Crippen LogP contribution is 2.26. The smallest absolute Gasteiger partial charge is 0.339 e. The molecule has 0 bridgehead atoms. The zero-order valence-electron chi connectivity index (χ0n) is 25.6. The first-order valence-corrected chi connectivity index (χ1v) is 14.1. The number of carbonyl (C=O) groups excluding carboxylic acids is 5. The van der Waals surface area contributed by atoms with Crippen LogP contribution in [0, 0.1) is 24.0 Å². The maximum atomic E-state index is 13.0. The summed E-state index contributed by atoms with van der Waals surface area (Å²) in [6, 6.07) is 3.38.